The van der Waals surface area contributed by atoms with Crippen molar-refractivity contribution in [2.24, 2.45) is 0 Å². The first-order chi connectivity index (χ1) is 14.6. The van der Waals surface area contributed by atoms with Crippen LogP contribution in [-0.2, 0) is 26.3 Å². The van der Waals surface area contributed by atoms with Gasteiger partial charge in [0.25, 0.3) is 10.2 Å². The second-order valence-corrected chi connectivity index (χ2v) is 9.37. The van der Waals surface area contributed by atoms with Crippen molar-refractivity contribution in [3.8, 4) is 0 Å². The largest absolute Gasteiger partial charge is 0.351 e. The molecule has 1 aliphatic rings. The molecule has 1 heterocycles. The average Bonchev–Trinajstić information content (AvgIpc) is 2.71. The molecule has 0 spiro atoms. The monoisotopic (exact) mass is 468 g/mol. The van der Waals surface area contributed by atoms with Crippen LogP contribution in [0.4, 0.5) is 10.1 Å². The van der Waals surface area contributed by atoms with Gasteiger partial charge in [-0.1, -0.05) is 35.9 Å². The van der Waals surface area contributed by atoms with E-state index in [0.717, 1.165) is 21.5 Å². The van der Waals surface area contributed by atoms with Crippen molar-refractivity contribution in [1.82, 2.24) is 14.3 Å². The maximum atomic E-state index is 13.3. The minimum absolute atomic E-state index is 0.0872. The second-order valence-electron chi connectivity index (χ2n) is 7.21. The van der Waals surface area contributed by atoms with Gasteiger partial charge in [0.1, 0.15) is 17.9 Å². The lowest BCUT2D eigenvalue weighted by Crippen LogP contribution is -2.62. The number of anilines is 1. The summed E-state index contributed by atoms with van der Waals surface area (Å²) < 4.78 is 41.4. The molecule has 1 aliphatic heterocycles. The summed E-state index contributed by atoms with van der Waals surface area (Å²) in [6, 6.07) is 8.82. The Morgan fingerprint density at radius 3 is 2.61 bits per heavy atom. The van der Waals surface area contributed by atoms with Crippen molar-refractivity contribution in [1.29, 1.82) is 0 Å². The van der Waals surface area contributed by atoms with Crippen LogP contribution in [0.15, 0.2) is 42.5 Å². The minimum atomic E-state index is -4.07. The predicted octanol–water partition coefficient (Wildman–Crippen LogP) is 1.95. The number of benzene rings is 2. The van der Waals surface area contributed by atoms with E-state index in [0.29, 0.717) is 0 Å². The molecule has 0 radical (unpaired) electrons. The zero-order valence-corrected chi connectivity index (χ0v) is 18.4. The Bertz CT molecular complexity index is 1110. The molecule has 2 unspecified atom stereocenters. The van der Waals surface area contributed by atoms with Gasteiger partial charge in [0.05, 0.1) is 5.02 Å². The lowest BCUT2D eigenvalue weighted by Gasteiger charge is -2.35. The summed E-state index contributed by atoms with van der Waals surface area (Å²) in [7, 11) is -2.83. The SMILES string of the molecule is Cc1ccccc1CNC(=O)C1CC(C(=O)Nc2ccc(F)c(Cl)c2)N(C)S(=O)(=O)N1. The molecule has 0 aliphatic carbocycles. The summed E-state index contributed by atoms with van der Waals surface area (Å²) in [6.45, 7) is 2.13. The summed E-state index contributed by atoms with van der Waals surface area (Å²) in [4.78, 5) is 25.4. The fourth-order valence-corrected chi connectivity index (χ4v) is 4.62. The van der Waals surface area contributed by atoms with E-state index in [9.17, 15) is 22.4 Å². The lowest BCUT2D eigenvalue weighted by molar-refractivity contribution is -0.124. The Labute approximate surface area is 184 Å². The highest BCUT2D eigenvalue weighted by molar-refractivity contribution is 7.87. The van der Waals surface area contributed by atoms with Gasteiger partial charge in [-0.25, -0.2) is 4.39 Å². The average molecular weight is 469 g/mol. The highest BCUT2D eigenvalue weighted by Gasteiger charge is 2.42. The molecule has 31 heavy (non-hydrogen) atoms. The quantitative estimate of drug-likeness (QED) is 0.623. The number of hydrogen-bond acceptors (Lipinski definition) is 4. The van der Waals surface area contributed by atoms with Gasteiger partial charge < -0.3 is 10.6 Å². The fourth-order valence-electron chi connectivity index (χ4n) is 3.20. The Hall–Kier alpha value is -2.53. The van der Waals surface area contributed by atoms with E-state index < -0.39 is 39.9 Å². The van der Waals surface area contributed by atoms with Gasteiger partial charge in [-0.2, -0.15) is 17.4 Å². The zero-order valence-electron chi connectivity index (χ0n) is 16.9. The number of likely N-dealkylation sites (N-methyl/N-ethyl adjacent to an activating group) is 1. The van der Waals surface area contributed by atoms with Crippen LogP contribution >= 0.6 is 11.6 Å². The molecule has 0 aromatic heterocycles. The number of aryl methyl sites for hydroxylation is 1. The molecular weight excluding hydrogens is 447 g/mol. The number of halogens is 2. The van der Waals surface area contributed by atoms with Crippen molar-refractivity contribution in [3.05, 3.63) is 64.4 Å². The topological polar surface area (TPSA) is 108 Å². The van der Waals surface area contributed by atoms with E-state index in [2.05, 4.69) is 15.4 Å². The fraction of sp³-hybridized carbons (Fsp3) is 0.300. The van der Waals surface area contributed by atoms with Crippen LogP contribution in [0.1, 0.15) is 17.5 Å². The van der Waals surface area contributed by atoms with Crippen LogP contribution in [0.3, 0.4) is 0 Å². The van der Waals surface area contributed by atoms with E-state index in [-0.39, 0.29) is 23.7 Å². The normalized spacial score (nSPS) is 20.8. The molecule has 2 aromatic carbocycles. The molecule has 8 nitrogen and oxygen atoms in total. The molecule has 3 N–H and O–H groups in total. The number of nitrogens with one attached hydrogen (secondary N) is 3. The minimum Gasteiger partial charge on any atom is -0.351 e. The maximum absolute atomic E-state index is 13.3. The summed E-state index contributed by atoms with van der Waals surface area (Å²) in [6.07, 6.45) is -0.0872. The van der Waals surface area contributed by atoms with Crippen molar-refractivity contribution in [3.63, 3.8) is 0 Å². The summed E-state index contributed by atoms with van der Waals surface area (Å²) in [5, 5.41) is 5.04. The number of nitrogens with zero attached hydrogens (tertiary/aromatic N) is 1. The van der Waals surface area contributed by atoms with Crippen LogP contribution in [-0.4, -0.2) is 43.7 Å². The zero-order chi connectivity index (χ0) is 22.8. The van der Waals surface area contributed by atoms with Crippen molar-refractivity contribution in [2.45, 2.75) is 32.0 Å². The number of carbonyl (C=O) groups is 2. The summed E-state index contributed by atoms with van der Waals surface area (Å²) in [5.74, 6) is -1.85. The van der Waals surface area contributed by atoms with E-state index in [1.807, 2.05) is 31.2 Å². The van der Waals surface area contributed by atoms with Crippen LogP contribution < -0.4 is 15.4 Å². The first-order valence-corrected chi connectivity index (χ1v) is 11.2. The van der Waals surface area contributed by atoms with Gasteiger partial charge in [-0.05, 0) is 42.7 Å². The smallest absolute Gasteiger partial charge is 0.280 e. The Kier molecular flexibility index (Phi) is 6.95. The lowest BCUT2D eigenvalue weighted by atomic mass is 10.1. The van der Waals surface area contributed by atoms with Gasteiger partial charge in [-0.3, -0.25) is 9.59 Å². The van der Waals surface area contributed by atoms with Gasteiger partial charge in [0.2, 0.25) is 11.8 Å². The van der Waals surface area contributed by atoms with Gasteiger partial charge in [-0.15, -0.1) is 0 Å². The van der Waals surface area contributed by atoms with E-state index in [1.165, 1.54) is 19.2 Å². The second kappa shape index (κ2) is 9.31. The molecule has 166 valence electrons. The molecule has 2 atom stereocenters. The van der Waals surface area contributed by atoms with E-state index in [1.54, 1.807) is 0 Å². The third-order valence-corrected chi connectivity index (χ3v) is 6.97. The third-order valence-electron chi connectivity index (χ3n) is 5.09. The molecule has 0 bridgehead atoms. The number of carbonyl (C=O) groups excluding carboxylic acids is 2. The number of hydrogen-bond donors (Lipinski definition) is 3. The van der Waals surface area contributed by atoms with Gasteiger partial charge >= 0.3 is 0 Å². The number of amides is 2. The first-order valence-electron chi connectivity index (χ1n) is 9.42. The van der Waals surface area contributed by atoms with E-state index >= 15 is 0 Å². The van der Waals surface area contributed by atoms with Crippen LogP contribution in [0.2, 0.25) is 5.02 Å². The molecule has 11 heteroatoms. The molecule has 1 saturated heterocycles. The molecule has 0 saturated carbocycles. The highest BCUT2D eigenvalue weighted by atomic mass is 35.5. The standard InChI is InChI=1S/C20H22ClFN4O4S/c1-12-5-3-4-6-13(12)11-23-19(27)17-10-18(26(2)31(29,30)25-17)20(28)24-14-7-8-16(22)15(21)9-14/h3-9,17-18,25H,10-11H2,1-2H3,(H,23,27)(H,24,28). The Morgan fingerprint density at radius 1 is 1.23 bits per heavy atom. The van der Waals surface area contributed by atoms with Crippen molar-refractivity contribution in [2.75, 3.05) is 12.4 Å². The molecule has 2 amide bonds. The molecular formula is C20H22ClFN4O4S. The first kappa shape index (κ1) is 23.1. The van der Waals surface area contributed by atoms with Gasteiger partial charge in [0.15, 0.2) is 0 Å². The third kappa shape index (κ3) is 5.40. The summed E-state index contributed by atoms with van der Waals surface area (Å²) >= 11 is 5.72. The molecule has 3 rings (SSSR count). The van der Waals surface area contributed by atoms with E-state index in [4.69, 9.17) is 11.6 Å². The highest BCUT2D eigenvalue weighted by Crippen LogP contribution is 2.22. The molecule has 2 aromatic rings. The number of rotatable bonds is 5. The predicted molar refractivity (Wildman–Crippen MR) is 115 cm³/mol. The van der Waals surface area contributed by atoms with Crippen LogP contribution in [0, 0.1) is 12.7 Å². The van der Waals surface area contributed by atoms with Crippen molar-refractivity contribution < 1.29 is 22.4 Å². The van der Waals surface area contributed by atoms with Crippen LogP contribution in [0.5, 0.6) is 0 Å². The van der Waals surface area contributed by atoms with Gasteiger partial charge in [0, 0.05) is 19.3 Å². The van der Waals surface area contributed by atoms with Crippen molar-refractivity contribution >= 4 is 39.3 Å². The maximum Gasteiger partial charge on any atom is 0.280 e. The molecule has 1 fully saturated rings. The van der Waals surface area contributed by atoms with Crippen LogP contribution in [0.25, 0.3) is 0 Å². The summed E-state index contributed by atoms with van der Waals surface area (Å²) in [5.41, 5.74) is 2.09. The Morgan fingerprint density at radius 2 is 1.94 bits per heavy atom. The Balaban J connectivity index is 1.72.